The predicted octanol–water partition coefficient (Wildman–Crippen LogP) is 0.436. The van der Waals surface area contributed by atoms with E-state index in [9.17, 15) is 9.59 Å². The van der Waals surface area contributed by atoms with Crippen LogP contribution in [0, 0.1) is 0 Å². The normalized spacial score (nSPS) is 17.4. The maximum Gasteiger partial charge on any atom is 0.279 e. The van der Waals surface area contributed by atoms with Crippen molar-refractivity contribution in [3.63, 3.8) is 0 Å². The predicted molar refractivity (Wildman–Crippen MR) is 100 cm³/mol. The van der Waals surface area contributed by atoms with Crippen LogP contribution >= 0.6 is 0 Å². The lowest BCUT2D eigenvalue weighted by molar-refractivity contribution is 0.0697. The maximum atomic E-state index is 12.5. The van der Waals surface area contributed by atoms with Gasteiger partial charge in [0, 0.05) is 38.4 Å². The van der Waals surface area contributed by atoms with E-state index < -0.39 is 5.56 Å². The monoisotopic (exact) mass is 380 g/mol. The highest BCUT2D eigenvalue weighted by molar-refractivity contribution is 5.92. The summed E-state index contributed by atoms with van der Waals surface area (Å²) in [5.74, 6) is 1.84. The molecule has 5 rings (SSSR count). The van der Waals surface area contributed by atoms with Gasteiger partial charge in [0.2, 0.25) is 0 Å². The van der Waals surface area contributed by atoms with Gasteiger partial charge >= 0.3 is 0 Å². The molecule has 1 amide bonds. The lowest BCUT2D eigenvalue weighted by Gasteiger charge is -2.44. The SMILES string of the molecule is CN(C(=O)c1ncc[nH]c1=O)C1CN(c2ccc3nnc(C4CCC4)n3n2)C1. The molecule has 4 heterocycles. The summed E-state index contributed by atoms with van der Waals surface area (Å²) >= 11 is 0. The summed E-state index contributed by atoms with van der Waals surface area (Å²) in [6, 6.07) is 3.85. The number of likely N-dealkylation sites (N-methyl/N-ethyl adjacent to an activating group) is 1. The Kier molecular flexibility index (Phi) is 3.85. The second-order valence-corrected chi connectivity index (χ2v) is 7.39. The number of hydrogen-bond acceptors (Lipinski definition) is 7. The molecule has 0 unspecified atom stereocenters. The first-order valence-corrected chi connectivity index (χ1v) is 9.40. The molecule has 2 aliphatic rings. The lowest BCUT2D eigenvalue weighted by atomic mass is 9.85. The van der Waals surface area contributed by atoms with Crippen molar-refractivity contribution in [1.82, 2.24) is 34.7 Å². The van der Waals surface area contributed by atoms with Crippen LogP contribution in [0.3, 0.4) is 0 Å². The fourth-order valence-electron chi connectivity index (χ4n) is 3.61. The van der Waals surface area contributed by atoms with Gasteiger partial charge in [-0.05, 0) is 25.0 Å². The average molecular weight is 380 g/mol. The number of anilines is 1. The van der Waals surface area contributed by atoms with Gasteiger partial charge in [-0.3, -0.25) is 9.59 Å². The van der Waals surface area contributed by atoms with Crippen molar-refractivity contribution in [1.29, 1.82) is 0 Å². The summed E-state index contributed by atoms with van der Waals surface area (Å²) in [5, 5.41) is 13.2. The van der Waals surface area contributed by atoms with E-state index in [1.54, 1.807) is 11.9 Å². The Morgan fingerprint density at radius 2 is 2.07 bits per heavy atom. The van der Waals surface area contributed by atoms with E-state index in [0.717, 1.165) is 30.1 Å². The number of carbonyl (C=O) groups excluding carboxylic acids is 1. The van der Waals surface area contributed by atoms with Gasteiger partial charge in [0.25, 0.3) is 11.5 Å². The van der Waals surface area contributed by atoms with Crippen molar-refractivity contribution in [2.24, 2.45) is 0 Å². The Hall–Kier alpha value is -3.30. The van der Waals surface area contributed by atoms with E-state index in [-0.39, 0.29) is 17.6 Å². The number of nitrogens with zero attached hydrogens (tertiary/aromatic N) is 7. The van der Waals surface area contributed by atoms with Crippen molar-refractivity contribution in [3.8, 4) is 0 Å². The van der Waals surface area contributed by atoms with Crippen molar-refractivity contribution < 1.29 is 4.79 Å². The summed E-state index contributed by atoms with van der Waals surface area (Å²) in [5.41, 5.74) is 0.195. The number of rotatable bonds is 4. The first-order chi connectivity index (χ1) is 13.6. The van der Waals surface area contributed by atoms with Crippen LogP contribution < -0.4 is 10.5 Å². The number of hydrogen-bond donors (Lipinski definition) is 1. The van der Waals surface area contributed by atoms with Crippen LogP contribution in [0.2, 0.25) is 0 Å². The average Bonchev–Trinajstić information content (AvgIpc) is 3.02. The molecular weight excluding hydrogens is 360 g/mol. The number of aromatic nitrogens is 6. The molecule has 3 aromatic rings. The molecule has 2 fully saturated rings. The molecule has 0 aromatic carbocycles. The highest BCUT2D eigenvalue weighted by Crippen LogP contribution is 2.35. The van der Waals surface area contributed by atoms with Crippen LogP contribution in [-0.4, -0.2) is 66.8 Å². The minimum absolute atomic E-state index is 0.00146. The highest BCUT2D eigenvalue weighted by atomic mass is 16.2. The molecular formula is C18H20N8O2. The fraction of sp³-hybridized carbons (Fsp3) is 0.444. The third-order valence-corrected chi connectivity index (χ3v) is 5.71. The second-order valence-electron chi connectivity index (χ2n) is 7.39. The van der Waals surface area contributed by atoms with E-state index >= 15 is 0 Å². The van der Waals surface area contributed by atoms with Gasteiger partial charge in [0.05, 0.1) is 6.04 Å². The summed E-state index contributed by atoms with van der Waals surface area (Å²) in [4.78, 5) is 34.4. The smallest absolute Gasteiger partial charge is 0.279 e. The zero-order valence-corrected chi connectivity index (χ0v) is 15.4. The third-order valence-electron chi connectivity index (χ3n) is 5.71. The Labute approximate surface area is 160 Å². The number of aromatic amines is 1. The number of fused-ring (bicyclic) bond motifs is 1. The standard InChI is InChI=1S/C18H20N8O2/c1-24(18(28)15-17(27)20-8-7-19-15)12-9-25(10-12)14-6-5-13-21-22-16(26(13)23-14)11-3-2-4-11/h5-8,11-12H,2-4,9-10H2,1H3,(H,20,27). The number of carbonyl (C=O) groups is 1. The molecule has 28 heavy (non-hydrogen) atoms. The first-order valence-electron chi connectivity index (χ1n) is 9.40. The molecule has 1 aliphatic heterocycles. The molecule has 1 saturated heterocycles. The lowest BCUT2D eigenvalue weighted by Crippen LogP contribution is -2.60. The molecule has 1 saturated carbocycles. The van der Waals surface area contributed by atoms with Crippen LogP contribution in [0.4, 0.5) is 5.82 Å². The first kappa shape index (κ1) is 16.8. The van der Waals surface area contributed by atoms with E-state index in [1.165, 1.54) is 18.8 Å². The quantitative estimate of drug-likeness (QED) is 0.699. The molecule has 144 valence electrons. The Morgan fingerprint density at radius 1 is 1.25 bits per heavy atom. The van der Waals surface area contributed by atoms with Crippen molar-refractivity contribution in [2.45, 2.75) is 31.2 Å². The summed E-state index contributed by atoms with van der Waals surface area (Å²) in [7, 11) is 1.70. The Morgan fingerprint density at radius 3 is 2.79 bits per heavy atom. The Bertz CT molecular complexity index is 1100. The van der Waals surface area contributed by atoms with Gasteiger partial charge in [-0.25, -0.2) is 4.98 Å². The summed E-state index contributed by atoms with van der Waals surface area (Å²) < 4.78 is 1.84. The van der Waals surface area contributed by atoms with E-state index in [4.69, 9.17) is 5.10 Å². The van der Waals surface area contributed by atoms with Crippen molar-refractivity contribution >= 4 is 17.4 Å². The van der Waals surface area contributed by atoms with Crippen LogP contribution in [0.5, 0.6) is 0 Å². The molecule has 1 N–H and O–H groups in total. The van der Waals surface area contributed by atoms with Crippen molar-refractivity contribution in [2.75, 3.05) is 25.0 Å². The van der Waals surface area contributed by atoms with Crippen LogP contribution in [0.25, 0.3) is 5.65 Å². The van der Waals surface area contributed by atoms with Gasteiger partial charge in [-0.2, -0.15) is 4.52 Å². The molecule has 0 bridgehead atoms. The third kappa shape index (κ3) is 2.63. The van der Waals surface area contributed by atoms with Crippen LogP contribution in [0.15, 0.2) is 29.3 Å². The molecule has 10 heteroatoms. The minimum atomic E-state index is -0.473. The van der Waals surface area contributed by atoms with E-state index in [2.05, 4.69) is 25.1 Å². The molecule has 10 nitrogen and oxygen atoms in total. The van der Waals surface area contributed by atoms with E-state index in [1.807, 2.05) is 16.6 Å². The van der Waals surface area contributed by atoms with Gasteiger partial charge in [-0.15, -0.1) is 15.3 Å². The molecule has 0 spiro atoms. The zero-order valence-electron chi connectivity index (χ0n) is 15.4. The number of amides is 1. The molecule has 0 atom stereocenters. The highest BCUT2D eigenvalue weighted by Gasteiger charge is 2.35. The van der Waals surface area contributed by atoms with Gasteiger partial charge in [0.1, 0.15) is 5.82 Å². The number of H-pyrrole nitrogens is 1. The van der Waals surface area contributed by atoms with Crippen LogP contribution in [-0.2, 0) is 0 Å². The number of nitrogens with one attached hydrogen (secondary N) is 1. The van der Waals surface area contributed by atoms with Crippen LogP contribution in [0.1, 0.15) is 41.5 Å². The van der Waals surface area contributed by atoms with E-state index in [0.29, 0.717) is 19.0 Å². The fourth-order valence-corrected chi connectivity index (χ4v) is 3.61. The summed E-state index contributed by atoms with van der Waals surface area (Å²) in [6.45, 7) is 1.29. The van der Waals surface area contributed by atoms with Gasteiger partial charge in [0.15, 0.2) is 17.2 Å². The molecule has 0 radical (unpaired) electrons. The van der Waals surface area contributed by atoms with Crippen molar-refractivity contribution in [3.05, 3.63) is 46.4 Å². The van der Waals surface area contributed by atoms with Gasteiger partial charge < -0.3 is 14.8 Å². The largest absolute Gasteiger partial charge is 0.351 e. The minimum Gasteiger partial charge on any atom is -0.351 e. The second kappa shape index (κ2) is 6.39. The molecule has 1 aliphatic carbocycles. The topological polar surface area (TPSA) is 112 Å². The van der Waals surface area contributed by atoms with Gasteiger partial charge in [-0.1, -0.05) is 6.42 Å². The Balaban J connectivity index is 1.30. The summed E-state index contributed by atoms with van der Waals surface area (Å²) in [6.07, 6.45) is 6.32. The molecule has 3 aromatic heterocycles. The maximum absolute atomic E-state index is 12.5. The zero-order chi connectivity index (χ0) is 19.3.